The predicted molar refractivity (Wildman–Crippen MR) is 67.7 cm³/mol. The monoisotopic (exact) mass is 248 g/mol. The first-order valence-corrected chi connectivity index (χ1v) is 6.75. The Morgan fingerprint density at radius 3 is 1.82 bits per heavy atom. The van der Waals surface area contributed by atoms with Crippen LogP contribution in [0.3, 0.4) is 0 Å². The highest BCUT2D eigenvalue weighted by molar-refractivity contribution is 4.65. The van der Waals surface area contributed by atoms with Gasteiger partial charge in [0.15, 0.2) is 0 Å². The molecule has 4 heteroatoms. The van der Waals surface area contributed by atoms with Crippen LogP contribution in [0.4, 0.5) is 0 Å². The summed E-state index contributed by atoms with van der Waals surface area (Å²) in [6, 6.07) is 0. The Hall–Kier alpha value is -0.160. The molecule has 0 spiro atoms. The standard InChI is InChI=1S/C13H28O4/c1-2-3-4-6-11(15)9-12(16)7-5-8-13(17)10-14/h11-17H,2-10H2,1H3. The lowest BCUT2D eigenvalue weighted by Gasteiger charge is -2.16. The number of hydrogen-bond donors (Lipinski definition) is 4. The maximum absolute atomic E-state index is 9.66. The highest BCUT2D eigenvalue weighted by Gasteiger charge is 2.12. The summed E-state index contributed by atoms with van der Waals surface area (Å²) in [5, 5.41) is 37.0. The van der Waals surface area contributed by atoms with Crippen LogP contribution >= 0.6 is 0 Å². The van der Waals surface area contributed by atoms with Crippen LogP contribution in [0, 0.1) is 0 Å². The maximum Gasteiger partial charge on any atom is 0.0771 e. The van der Waals surface area contributed by atoms with E-state index in [9.17, 15) is 10.2 Å². The first kappa shape index (κ1) is 16.8. The molecule has 0 fully saturated rings. The fraction of sp³-hybridized carbons (Fsp3) is 1.00. The van der Waals surface area contributed by atoms with Crippen molar-refractivity contribution in [2.45, 2.75) is 76.6 Å². The van der Waals surface area contributed by atoms with E-state index >= 15 is 0 Å². The Bertz CT molecular complexity index is 163. The summed E-state index contributed by atoms with van der Waals surface area (Å²) in [5.74, 6) is 0. The molecule has 0 aromatic heterocycles. The molecule has 0 saturated heterocycles. The third-order valence-electron chi connectivity index (χ3n) is 2.97. The summed E-state index contributed by atoms with van der Waals surface area (Å²) in [6.07, 6.45) is 4.57. The Labute approximate surface area is 104 Å². The van der Waals surface area contributed by atoms with Gasteiger partial charge in [-0.2, -0.15) is 0 Å². The molecule has 4 N–H and O–H groups in total. The molecule has 0 amide bonds. The van der Waals surface area contributed by atoms with Crippen molar-refractivity contribution in [2.24, 2.45) is 0 Å². The number of aliphatic hydroxyl groups is 4. The molecule has 0 aliphatic rings. The molecule has 0 heterocycles. The fourth-order valence-electron chi connectivity index (χ4n) is 1.86. The molecule has 0 aromatic carbocycles. The molecular formula is C13H28O4. The van der Waals surface area contributed by atoms with E-state index in [0.29, 0.717) is 25.7 Å². The lowest BCUT2D eigenvalue weighted by Crippen LogP contribution is -2.19. The van der Waals surface area contributed by atoms with Crippen molar-refractivity contribution < 1.29 is 20.4 Å². The van der Waals surface area contributed by atoms with Gasteiger partial charge >= 0.3 is 0 Å². The van der Waals surface area contributed by atoms with Gasteiger partial charge in [0.2, 0.25) is 0 Å². The highest BCUT2D eigenvalue weighted by Crippen LogP contribution is 2.13. The van der Waals surface area contributed by atoms with Gasteiger partial charge in [0.05, 0.1) is 24.9 Å². The molecule has 3 atom stereocenters. The van der Waals surface area contributed by atoms with Gasteiger partial charge in [-0.3, -0.25) is 0 Å². The number of rotatable bonds is 11. The van der Waals surface area contributed by atoms with Crippen LogP contribution in [-0.2, 0) is 0 Å². The summed E-state index contributed by atoms with van der Waals surface area (Å²) < 4.78 is 0. The van der Waals surface area contributed by atoms with Gasteiger partial charge in [0.1, 0.15) is 0 Å². The van der Waals surface area contributed by atoms with Crippen LogP contribution in [0.1, 0.15) is 58.3 Å². The van der Waals surface area contributed by atoms with E-state index in [1.807, 2.05) is 0 Å². The van der Waals surface area contributed by atoms with Gasteiger partial charge in [0, 0.05) is 0 Å². The average molecular weight is 248 g/mol. The first-order chi connectivity index (χ1) is 8.10. The minimum Gasteiger partial charge on any atom is -0.394 e. The lowest BCUT2D eigenvalue weighted by molar-refractivity contribution is 0.0579. The zero-order valence-corrected chi connectivity index (χ0v) is 10.9. The van der Waals surface area contributed by atoms with Crippen molar-refractivity contribution in [2.75, 3.05) is 6.61 Å². The molecule has 0 aliphatic carbocycles. The Morgan fingerprint density at radius 1 is 0.765 bits per heavy atom. The predicted octanol–water partition coefficient (Wildman–Crippen LogP) is 1.20. The van der Waals surface area contributed by atoms with Crippen molar-refractivity contribution in [3.8, 4) is 0 Å². The SMILES string of the molecule is CCCCCC(O)CC(O)CCCC(O)CO. The topological polar surface area (TPSA) is 80.9 Å². The minimum atomic E-state index is -0.684. The lowest BCUT2D eigenvalue weighted by atomic mass is 10.0. The summed E-state index contributed by atoms with van der Waals surface area (Å²) in [7, 11) is 0. The molecule has 0 bridgehead atoms. The van der Waals surface area contributed by atoms with Crippen molar-refractivity contribution in [1.29, 1.82) is 0 Å². The van der Waals surface area contributed by atoms with Crippen molar-refractivity contribution in [3.05, 3.63) is 0 Å². The maximum atomic E-state index is 9.66. The number of hydrogen-bond acceptors (Lipinski definition) is 4. The minimum absolute atomic E-state index is 0.226. The summed E-state index contributed by atoms with van der Waals surface area (Å²) in [6.45, 7) is 1.89. The van der Waals surface area contributed by atoms with Crippen LogP contribution in [0.15, 0.2) is 0 Å². The molecule has 0 radical (unpaired) electrons. The molecule has 17 heavy (non-hydrogen) atoms. The van der Waals surface area contributed by atoms with Gasteiger partial charge < -0.3 is 20.4 Å². The second-order valence-corrected chi connectivity index (χ2v) is 4.81. The molecule has 0 aromatic rings. The van der Waals surface area contributed by atoms with Crippen molar-refractivity contribution in [1.82, 2.24) is 0 Å². The van der Waals surface area contributed by atoms with Crippen LogP contribution < -0.4 is 0 Å². The molecule has 0 rings (SSSR count). The zero-order chi connectivity index (χ0) is 13.1. The van der Waals surface area contributed by atoms with Gasteiger partial charge in [-0.25, -0.2) is 0 Å². The van der Waals surface area contributed by atoms with E-state index in [2.05, 4.69) is 6.92 Å². The van der Waals surface area contributed by atoms with E-state index in [1.165, 1.54) is 0 Å². The third-order valence-corrected chi connectivity index (χ3v) is 2.97. The van der Waals surface area contributed by atoms with Gasteiger partial charge in [-0.15, -0.1) is 0 Å². The van der Waals surface area contributed by atoms with Crippen LogP contribution in [-0.4, -0.2) is 45.3 Å². The van der Waals surface area contributed by atoms with Crippen molar-refractivity contribution in [3.63, 3.8) is 0 Å². The van der Waals surface area contributed by atoms with E-state index in [-0.39, 0.29) is 6.61 Å². The fourth-order valence-corrected chi connectivity index (χ4v) is 1.86. The Kier molecular flexibility index (Phi) is 10.9. The van der Waals surface area contributed by atoms with E-state index in [0.717, 1.165) is 25.7 Å². The third kappa shape index (κ3) is 10.7. The zero-order valence-electron chi connectivity index (χ0n) is 10.9. The Morgan fingerprint density at radius 2 is 1.29 bits per heavy atom. The molecule has 104 valence electrons. The molecule has 4 nitrogen and oxygen atoms in total. The van der Waals surface area contributed by atoms with E-state index in [1.54, 1.807) is 0 Å². The molecule has 0 saturated carbocycles. The average Bonchev–Trinajstić information content (AvgIpc) is 2.29. The molecule has 3 unspecified atom stereocenters. The largest absolute Gasteiger partial charge is 0.394 e. The van der Waals surface area contributed by atoms with Gasteiger partial charge in [-0.05, 0) is 32.1 Å². The Balaban J connectivity index is 3.46. The van der Waals surface area contributed by atoms with Crippen LogP contribution in [0.2, 0.25) is 0 Å². The van der Waals surface area contributed by atoms with E-state index < -0.39 is 18.3 Å². The summed E-state index contributed by atoms with van der Waals surface area (Å²) in [5.41, 5.74) is 0. The van der Waals surface area contributed by atoms with Gasteiger partial charge in [-0.1, -0.05) is 26.2 Å². The quantitative estimate of drug-likeness (QED) is 0.414. The summed E-state index contributed by atoms with van der Waals surface area (Å²) in [4.78, 5) is 0. The summed E-state index contributed by atoms with van der Waals surface area (Å²) >= 11 is 0. The number of unbranched alkanes of at least 4 members (excludes halogenated alkanes) is 2. The second-order valence-electron chi connectivity index (χ2n) is 4.81. The van der Waals surface area contributed by atoms with Crippen LogP contribution in [0.25, 0.3) is 0 Å². The number of aliphatic hydroxyl groups excluding tert-OH is 4. The van der Waals surface area contributed by atoms with Gasteiger partial charge in [0.25, 0.3) is 0 Å². The van der Waals surface area contributed by atoms with Crippen molar-refractivity contribution >= 4 is 0 Å². The smallest absolute Gasteiger partial charge is 0.0771 e. The first-order valence-electron chi connectivity index (χ1n) is 6.75. The van der Waals surface area contributed by atoms with Crippen LogP contribution in [0.5, 0.6) is 0 Å². The molecular weight excluding hydrogens is 220 g/mol. The van der Waals surface area contributed by atoms with E-state index in [4.69, 9.17) is 10.2 Å². The molecule has 0 aliphatic heterocycles. The highest BCUT2D eigenvalue weighted by atomic mass is 16.3. The second kappa shape index (κ2) is 11.0. The normalized spacial score (nSPS) is 16.8.